The second-order valence-electron chi connectivity index (χ2n) is 4.40. The molecule has 17 heavy (non-hydrogen) atoms. The van der Waals surface area contributed by atoms with Crippen LogP contribution in [-0.4, -0.2) is 13.1 Å². The summed E-state index contributed by atoms with van der Waals surface area (Å²) in [6, 6.07) is 15.7. The molecule has 0 bridgehead atoms. The summed E-state index contributed by atoms with van der Waals surface area (Å²) in [4.78, 5) is 0. The number of fused-ring (bicyclic) bond motifs is 1. The molecule has 2 rings (SSSR count). The molecule has 1 N–H and O–H groups in total. The van der Waals surface area contributed by atoms with E-state index in [1.807, 2.05) is 13.1 Å². The maximum Gasteiger partial charge on any atom is 0.0139 e. The standard InChI is InChI=1S/C16H19N/c1-3-6-16(17-2)12-13-9-10-14-7-4-5-8-15(14)11-13/h3-5,7-11,16-17H,1,6,12H2,2H3. The number of likely N-dealkylation sites (N-methyl/N-ethyl adjacent to an activating group) is 1. The van der Waals surface area contributed by atoms with Gasteiger partial charge in [-0.15, -0.1) is 6.58 Å². The lowest BCUT2D eigenvalue weighted by Crippen LogP contribution is -2.26. The van der Waals surface area contributed by atoms with Crippen molar-refractivity contribution in [2.24, 2.45) is 0 Å². The fraction of sp³-hybridized carbons (Fsp3) is 0.250. The van der Waals surface area contributed by atoms with Crippen LogP contribution < -0.4 is 5.32 Å². The minimum absolute atomic E-state index is 0.480. The molecular formula is C16H19N. The van der Waals surface area contributed by atoms with Crippen LogP contribution >= 0.6 is 0 Å². The van der Waals surface area contributed by atoms with E-state index in [0.717, 1.165) is 12.8 Å². The van der Waals surface area contributed by atoms with Gasteiger partial charge in [-0.3, -0.25) is 0 Å². The fourth-order valence-corrected chi connectivity index (χ4v) is 2.15. The Labute approximate surface area is 103 Å². The zero-order valence-electron chi connectivity index (χ0n) is 10.3. The number of nitrogens with one attached hydrogen (secondary N) is 1. The average Bonchev–Trinajstić information content (AvgIpc) is 2.38. The molecule has 1 unspecified atom stereocenters. The molecule has 1 atom stereocenters. The molecule has 0 saturated carbocycles. The van der Waals surface area contributed by atoms with Crippen LogP contribution in [0.15, 0.2) is 55.1 Å². The summed E-state index contributed by atoms with van der Waals surface area (Å²) < 4.78 is 0. The molecule has 0 amide bonds. The quantitative estimate of drug-likeness (QED) is 0.767. The monoisotopic (exact) mass is 225 g/mol. The Kier molecular flexibility index (Phi) is 3.94. The molecule has 2 aromatic rings. The summed E-state index contributed by atoms with van der Waals surface area (Å²) in [5.74, 6) is 0. The van der Waals surface area contributed by atoms with Gasteiger partial charge in [0.05, 0.1) is 0 Å². The van der Waals surface area contributed by atoms with Crippen LogP contribution in [-0.2, 0) is 6.42 Å². The molecule has 0 aliphatic heterocycles. The van der Waals surface area contributed by atoms with Crippen LogP contribution in [0.1, 0.15) is 12.0 Å². The van der Waals surface area contributed by atoms with E-state index >= 15 is 0 Å². The van der Waals surface area contributed by atoms with Gasteiger partial charge in [0.2, 0.25) is 0 Å². The van der Waals surface area contributed by atoms with Gasteiger partial charge in [-0.25, -0.2) is 0 Å². The zero-order valence-corrected chi connectivity index (χ0v) is 10.3. The van der Waals surface area contributed by atoms with Crippen molar-refractivity contribution in [1.82, 2.24) is 5.32 Å². The van der Waals surface area contributed by atoms with Crippen molar-refractivity contribution in [1.29, 1.82) is 0 Å². The van der Waals surface area contributed by atoms with Crippen molar-refractivity contribution in [2.75, 3.05) is 7.05 Å². The van der Waals surface area contributed by atoms with Crippen molar-refractivity contribution >= 4 is 10.8 Å². The molecule has 0 fully saturated rings. The van der Waals surface area contributed by atoms with Gasteiger partial charge >= 0.3 is 0 Å². The van der Waals surface area contributed by atoms with Crippen molar-refractivity contribution in [3.8, 4) is 0 Å². The van der Waals surface area contributed by atoms with E-state index in [9.17, 15) is 0 Å². The molecule has 0 aliphatic carbocycles. The second-order valence-corrected chi connectivity index (χ2v) is 4.40. The Morgan fingerprint density at radius 2 is 1.94 bits per heavy atom. The third-order valence-electron chi connectivity index (χ3n) is 3.16. The van der Waals surface area contributed by atoms with Crippen molar-refractivity contribution in [3.05, 3.63) is 60.7 Å². The van der Waals surface area contributed by atoms with Gasteiger partial charge in [-0.2, -0.15) is 0 Å². The third-order valence-corrected chi connectivity index (χ3v) is 3.16. The first-order valence-electron chi connectivity index (χ1n) is 6.09. The van der Waals surface area contributed by atoms with Gasteiger partial charge in [0, 0.05) is 6.04 Å². The molecule has 0 aromatic heterocycles. The van der Waals surface area contributed by atoms with Gasteiger partial charge in [0.15, 0.2) is 0 Å². The highest BCUT2D eigenvalue weighted by atomic mass is 14.9. The van der Waals surface area contributed by atoms with Gasteiger partial charge in [0.25, 0.3) is 0 Å². The topological polar surface area (TPSA) is 12.0 Å². The Morgan fingerprint density at radius 1 is 1.18 bits per heavy atom. The first kappa shape index (κ1) is 11.9. The van der Waals surface area contributed by atoms with Crippen LogP contribution in [0.4, 0.5) is 0 Å². The van der Waals surface area contributed by atoms with Crippen molar-refractivity contribution in [2.45, 2.75) is 18.9 Å². The lowest BCUT2D eigenvalue weighted by atomic mass is 10.0. The minimum Gasteiger partial charge on any atom is -0.316 e. The normalized spacial score (nSPS) is 12.5. The zero-order chi connectivity index (χ0) is 12.1. The second kappa shape index (κ2) is 5.65. The van der Waals surface area contributed by atoms with Crippen LogP contribution in [0.3, 0.4) is 0 Å². The lowest BCUT2D eigenvalue weighted by Gasteiger charge is -2.14. The van der Waals surface area contributed by atoms with E-state index in [2.05, 4.69) is 54.4 Å². The molecule has 0 spiro atoms. The molecule has 0 radical (unpaired) electrons. The predicted octanol–water partition coefficient (Wildman–Crippen LogP) is 3.55. The van der Waals surface area contributed by atoms with Gasteiger partial charge < -0.3 is 5.32 Å². The van der Waals surface area contributed by atoms with Crippen LogP contribution in [0.2, 0.25) is 0 Å². The molecule has 0 saturated heterocycles. The molecular weight excluding hydrogens is 206 g/mol. The van der Waals surface area contributed by atoms with E-state index in [4.69, 9.17) is 0 Å². The van der Waals surface area contributed by atoms with Gasteiger partial charge in [0.1, 0.15) is 0 Å². The summed E-state index contributed by atoms with van der Waals surface area (Å²) in [5, 5.41) is 5.95. The van der Waals surface area contributed by atoms with E-state index in [0.29, 0.717) is 6.04 Å². The Bertz CT molecular complexity index is 502. The predicted molar refractivity (Wildman–Crippen MR) is 75.3 cm³/mol. The summed E-state index contributed by atoms with van der Waals surface area (Å²) in [6.45, 7) is 3.80. The Morgan fingerprint density at radius 3 is 2.65 bits per heavy atom. The number of hydrogen-bond donors (Lipinski definition) is 1. The van der Waals surface area contributed by atoms with Crippen LogP contribution in [0.5, 0.6) is 0 Å². The maximum atomic E-state index is 3.80. The molecule has 0 heterocycles. The van der Waals surface area contributed by atoms with Crippen molar-refractivity contribution < 1.29 is 0 Å². The van der Waals surface area contributed by atoms with Gasteiger partial charge in [-0.1, -0.05) is 48.5 Å². The highest BCUT2D eigenvalue weighted by Gasteiger charge is 2.05. The van der Waals surface area contributed by atoms with E-state index in [1.54, 1.807) is 0 Å². The number of benzene rings is 2. The average molecular weight is 225 g/mol. The molecule has 1 nitrogen and oxygen atoms in total. The fourth-order valence-electron chi connectivity index (χ4n) is 2.15. The SMILES string of the molecule is C=CCC(Cc1ccc2ccccc2c1)NC. The first-order chi connectivity index (χ1) is 8.33. The summed E-state index contributed by atoms with van der Waals surface area (Å²) in [5.41, 5.74) is 1.38. The molecule has 88 valence electrons. The summed E-state index contributed by atoms with van der Waals surface area (Å²) >= 11 is 0. The smallest absolute Gasteiger partial charge is 0.0139 e. The van der Waals surface area contributed by atoms with Gasteiger partial charge in [-0.05, 0) is 36.2 Å². The van der Waals surface area contributed by atoms with Crippen LogP contribution in [0, 0.1) is 0 Å². The Balaban J connectivity index is 2.21. The summed E-state index contributed by atoms with van der Waals surface area (Å²) in [6.07, 6.45) is 4.03. The molecule has 1 heteroatoms. The van der Waals surface area contributed by atoms with E-state index in [-0.39, 0.29) is 0 Å². The Hall–Kier alpha value is -1.60. The minimum atomic E-state index is 0.480. The van der Waals surface area contributed by atoms with E-state index < -0.39 is 0 Å². The van der Waals surface area contributed by atoms with Crippen molar-refractivity contribution in [3.63, 3.8) is 0 Å². The van der Waals surface area contributed by atoms with Crippen LogP contribution in [0.25, 0.3) is 10.8 Å². The third kappa shape index (κ3) is 2.95. The highest BCUT2D eigenvalue weighted by molar-refractivity contribution is 5.82. The summed E-state index contributed by atoms with van der Waals surface area (Å²) in [7, 11) is 2.01. The highest BCUT2D eigenvalue weighted by Crippen LogP contribution is 2.17. The molecule has 2 aromatic carbocycles. The molecule has 0 aliphatic rings. The number of rotatable bonds is 5. The first-order valence-corrected chi connectivity index (χ1v) is 6.09. The van der Waals surface area contributed by atoms with E-state index in [1.165, 1.54) is 16.3 Å². The maximum absolute atomic E-state index is 3.80. The number of hydrogen-bond acceptors (Lipinski definition) is 1. The lowest BCUT2D eigenvalue weighted by molar-refractivity contribution is 0.566. The largest absolute Gasteiger partial charge is 0.316 e.